The zero-order chi connectivity index (χ0) is 15.3. The minimum absolute atomic E-state index is 0.172. The van der Waals surface area contributed by atoms with Crippen LogP contribution in [0, 0.1) is 5.92 Å². The van der Waals surface area contributed by atoms with E-state index in [4.69, 9.17) is 4.74 Å². The average Bonchev–Trinajstić information content (AvgIpc) is 2.37. The number of carbonyl (C=O) groups excluding carboxylic acids is 1. The normalized spacial score (nSPS) is 13.9. The second-order valence-corrected chi connectivity index (χ2v) is 5.82. The third-order valence-electron chi connectivity index (χ3n) is 3.22. The molecule has 1 rings (SSSR count). The summed E-state index contributed by atoms with van der Waals surface area (Å²) in [5.41, 5.74) is -0.846. The molecule has 1 heterocycles. The molecule has 0 aromatic carbocycles. The monoisotopic (exact) mass is 344 g/mol. The van der Waals surface area contributed by atoms with Gasteiger partial charge in [0.2, 0.25) is 5.88 Å². The van der Waals surface area contributed by atoms with Gasteiger partial charge in [-0.05, 0) is 34.3 Å². The van der Waals surface area contributed by atoms with Gasteiger partial charge in [0.25, 0.3) is 5.91 Å². The van der Waals surface area contributed by atoms with Gasteiger partial charge in [0.15, 0.2) is 0 Å². The molecule has 0 bridgehead atoms. The van der Waals surface area contributed by atoms with Crippen molar-refractivity contribution in [2.75, 3.05) is 12.4 Å². The molecule has 0 spiro atoms. The number of nitrogens with zero attached hydrogens (tertiary/aromatic N) is 1. The predicted molar refractivity (Wildman–Crippen MR) is 81.8 cm³/mol. The summed E-state index contributed by atoms with van der Waals surface area (Å²) in [4.78, 5) is 16.4. The number of pyridine rings is 1. The number of methoxy groups -OCH3 is 1. The summed E-state index contributed by atoms with van der Waals surface area (Å²) in [7, 11) is 1.50. The van der Waals surface area contributed by atoms with E-state index in [9.17, 15) is 9.90 Å². The second kappa shape index (κ2) is 7.04. The Morgan fingerprint density at radius 1 is 1.55 bits per heavy atom. The second-order valence-electron chi connectivity index (χ2n) is 5.00. The maximum Gasteiger partial charge on any atom is 0.256 e. The van der Waals surface area contributed by atoms with E-state index in [1.165, 1.54) is 7.11 Å². The minimum Gasteiger partial charge on any atom is -0.481 e. The van der Waals surface area contributed by atoms with Crippen molar-refractivity contribution >= 4 is 27.5 Å². The molecule has 0 saturated carbocycles. The van der Waals surface area contributed by atoms with E-state index < -0.39 is 11.5 Å². The first-order valence-electron chi connectivity index (χ1n) is 6.59. The molecule has 0 fully saturated rings. The summed E-state index contributed by atoms with van der Waals surface area (Å²) in [5, 5.41) is 13.3. The molecule has 0 aliphatic heterocycles. The van der Waals surface area contributed by atoms with Crippen LogP contribution in [0.15, 0.2) is 16.7 Å². The molecule has 1 aromatic rings. The Morgan fingerprint density at radius 2 is 2.20 bits per heavy atom. The van der Waals surface area contributed by atoms with Crippen LogP contribution < -0.4 is 10.1 Å². The number of hydrogen-bond donors (Lipinski definition) is 2. The maximum absolute atomic E-state index is 12.3. The van der Waals surface area contributed by atoms with Gasteiger partial charge in [-0.3, -0.25) is 4.79 Å². The number of hydrogen-bond acceptors (Lipinski definition) is 4. The quantitative estimate of drug-likeness (QED) is 0.778. The Kier molecular flexibility index (Phi) is 5.95. The standard InChI is InChI=1S/C14H21BrN2O3/c1-5-6-14(19,9(2)3)13(18)16-10-7-11(15)17-12(8-10)20-4/h7-9,19H,5-6H2,1-4H3,(H,16,17,18). The summed E-state index contributed by atoms with van der Waals surface area (Å²) < 4.78 is 5.59. The first kappa shape index (κ1) is 16.9. The van der Waals surface area contributed by atoms with Crippen LogP contribution in [0.1, 0.15) is 33.6 Å². The molecule has 1 atom stereocenters. The molecular weight excluding hydrogens is 324 g/mol. The predicted octanol–water partition coefficient (Wildman–Crippen LogP) is 2.98. The van der Waals surface area contributed by atoms with Crippen molar-refractivity contribution in [3.63, 3.8) is 0 Å². The van der Waals surface area contributed by atoms with Crippen LogP contribution in [0.3, 0.4) is 0 Å². The number of aliphatic hydroxyl groups is 1. The summed E-state index contributed by atoms with van der Waals surface area (Å²) in [6, 6.07) is 3.27. The Hall–Kier alpha value is -1.14. The molecular formula is C14H21BrN2O3. The minimum atomic E-state index is -1.38. The van der Waals surface area contributed by atoms with Crippen molar-refractivity contribution in [2.45, 2.75) is 39.2 Å². The van der Waals surface area contributed by atoms with Gasteiger partial charge >= 0.3 is 0 Å². The van der Waals surface area contributed by atoms with E-state index in [-0.39, 0.29) is 5.92 Å². The van der Waals surface area contributed by atoms with E-state index in [1.54, 1.807) is 12.1 Å². The molecule has 0 saturated heterocycles. The smallest absolute Gasteiger partial charge is 0.256 e. The van der Waals surface area contributed by atoms with Crippen molar-refractivity contribution in [1.29, 1.82) is 0 Å². The fourth-order valence-corrected chi connectivity index (χ4v) is 2.36. The molecule has 1 amide bonds. The number of carbonyl (C=O) groups is 1. The van der Waals surface area contributed by atoms with Gasteiger partial charge < -0.3 is 15.2 Å². The maximum atomic E-state index is 12.3. The SMILES string of the molecule is CCCC(O)(C(=O)Nc1cc(Br)nc(OC)c1)C(C)C. The summed E-state index contributed by atoms with van der Waals surface area (Å²) in [6.07, 6.45) is 1.14. The first-order chi connectivity index (χ1) is 9.33. The third-order valence-corrected chi connectivity index (χ3v) is 3.62. The van der Waals surface area contributed by atoms with Gasteiger partial charge in [-0.2, -0.15) is 0 Å². The summed E-state index contributed by atoms with van der Waals surface area (Å²) in [6.45, 7) is 5.60. The highest BCUT2D eigenvalue weighted by atomic mass is 79.9. The summed E-state index contributed by atoms with van der Waals surface area (Å²) in [5.74, 6) is -0.192. The number of halogens is 1. The molecule has 1 aromatic heterocycles. The molecule has 5 nitrogen and oxygen atoms in total. The summed E-state index contributed by atoms with van der Waals surface area (Å²) >= 11 is 3.25. The lowest BCUT2D eigenvalue weighted by molar-refractivity contribution is -0.139. The Balaban J connectivity index is 2.96. The molecule has 0 radical (unpaired) electrons. The lowest BCUT2D eigenvalue weighted by Gasteiger charge is -2.30. The van der Waals surface area contributed by atoms with Crippen LogP contribution in [0.4, 0.5) is 5.69 Å². The molecule has 1 unspecified atom stereocenters. The van der Waals surface area contributed by atoms with E-state index in [0.29, 0.717) is 22.6 Å². The van der Waals surface area contributed by atoms with E-state index in [1.807, 2.05) is 20.8 Å². The highest BCUT2D eigenvalue weighted by Gasteiger charge is 2.38. The van der Waals surface area contributed by atoms with Crippen LogP contribution in [-0.2, 0) is 4.79 Å². The third kappa shape index (κ3) is 3.93. The number of aromatic nitrogens is 1. The van der Waals surface area contributed by atoms with Crippen LogP contribution in [0.2, 0.25) is 0 Å². The van der Waals surface area contributed by atoms with Crippen molar-refractivity contribution < 1.29 is 14.6 Å². The van der Waals surface area contributed by atoms with Gasteiger partial charge in [0.1, 0.15) is 10.2 Å². The highest BCUT2D eigenvalue weighted by molar-refractivity contribution is 9.10. The van der Waals surface area contributed by atoms with Crippen molar-refractivity contribution in [1.82, 2.24) is 4.98 Å². The van der Waals surface area contributed by atoms with E-state index >= 15 is 0 Å². The van der Waals surface area contributed by atoms with Gasteiger partial charge in [-0.1, -0.05) is 27.2 Å². The lowest BCUT2D eigenvalue weighted by atomic mass is 9.85. The van der Waals surface area contributed by atoms with Gasteiger partial charge in [0.05, 0.1) is 7.11 Å². The number of nitrogens with one attached hydrogen (secondary N) is 1. The Bertz CT molecular complexity index is 479. The largest absolute Gasteiger partial charge is 0.481 e. The Labute approximate surface area is 127 Å². The number of ether oxygens (including phenoxy) is 1. The fraction of sp³-hybridized carbons (Fsp3) is 0.571. The molecule has 6 heteroatoms. The first-order valence-corrected chi connectivity index (χ1v) is 7.38. The van der Waals surface area contributed by atoms with Crippen LogP contribution in [0.5, 0.6) is 5.88 Å². The van der Waals surface area contributed by atoms with Gasteiger partial charge in [-0.25, -0.2) is 4.98 Å². The average molecular weight is 345 g/mol. The van der Waals surface area contributed by atoms with Crippen LogP contribution in [0.25, 0.3) is 0 Å². The molecule has 0 aliphatic carbocycles. The number of anilines is 1. The molecule has 112 valence electrons. The molecule has 2 N–H and O–H groups in total. The fourth-order valence-electron chi connectivity index (χ4n) is 1.93. The number of amides is 1. The van der Waals surface area contributed by atoms with Gasteiger partial charge in [-0.15, -0.1) is 0 Å². The zero-order valence-corrected chi connectivity index (χ0v) is 13.8. The lowest BCUT2D eigenvalue weighted by Crippen LogP contribution is -2.47. The zero-order valence-electron chi connectivity index (χ0n) is 12.2. The molecule has 0 aliphatic rings. The van der Waals surface area contributed by atoms with Crippen molar-refractivity contribution in [2.24, 2.45) is 5.92 Å². The van der Waals surface area contributed by atoms with E-state index in [0.717, 1.165) is 6.42 Å². The van der Waals surface area contributed by atoms with Crippen LogP contribution >= 0.6 is 15.9 Å². The Morgan fingerprint density at radius 3 is 2.70 bits per heavy atom. The topological polar surface area (TPSA) is 71.5 Å². The van der Waals surface area contributed by atoms with Crippen molar-refractivity contribution in [3.8, 4) is 5.88 Å². The highest BCUT2D eigenvalue weighted by Crippen LogP contribution is 2.26. The van der Waals surface area contributed by atoms with E-state index in [2.05, 4.69) is 26.2 Å². The molecule has 20 heavy (non-hydrogen) atoms. The number of rotatable bonds is 6. The van der Waals surface area contributed by atoms with Crippen molar-refractivity contribution in [3.05, 3.63) is 16.7 Å². The van der Waals surface area contributed by atoms with Crippen LogP contribution in [-0.4, -0.2) is 28.7 Å². The van der Waals surface area contributed by atoms with Gasteiger partial charge in [0, 0.05) is 11.8 Å².